The Morgan fingerprint density at radius 3 is 2.58 bits per heavy atom. The zero-order chi connectivity index (χ0) is 13.8. The van der Waals surface area contributed by atoms with Crippen LogP contribution < -0.4 is 5.32 Å². The van der Waals surface area contributed by atoms with Crippen LogP contribution in [-0.4, -0.2) is 16.8 Å². The lowest BCUT2D eigenvalue weighted by Crippen LogP contribution is -2.30. The summed E-state index contributed by atoms with van der Waals surface area (Å²) in [5.41, 5.74) is 1.14. The van der Waals surface area contributed by atoms with E-state index in [4.69, 9.17) is 11.6 Å². The number of aromatic nitrogens is 2. The molecule has 1 saturated carbocycles. The van der Waals surface area contributed by atoms with Gasteiger partial charge < -0.3 is 5.32 Å². The van der Waals surface area contributed by atoms with Crippen LogP contribution in [0.2, 0.25) is 5.02 Å². The van der Waals surface area contributed by atoms with Crippen molar-refractivity contribution in [1.82, 2.24) is 15.1 Å². The molecule has 0 spiro atoms. The van der Waals surface area contributed by atoms with Crippen molar-refractivity contribution in [3.8, 4) is 0 Å². The molecule has 0 amide bonds. The molecule has 108 valence electrons. The Kier molecular flexibility index (Phi) is 5.28. The Labute approximate surface area is 121 Å². The number of halogens is 1. The fourth-order valence-corrected chi connectivity index (χ4v) is 3.87. The fourth-order valence-electron chi connectivity index (χ4n) is 3.58. The van der Waals surface area contributed by atoms with E-state index in [0.717, 1.165) is 16.6 Å². The van der Waals surface area contributed by atoms with E-state index in [1.54, 1.807) is 6.20 Å². The smallest absolute Gasteiger partial charge is 0.0834 e. The predicted octanol–water partition coefficient (Wildman–Crippen LogP) is 3.94. The highest BCUT2D eigenvalue weighted by Crippen LogP contribution is 2.39. The highest BCUT2D eigenvalue weighted by molar-refractivity contribution is 6.31. The summed E-state index contributed by atoms with van der Waals surface area (Å²) in [6.07, 6.45) is 9.80. The standard InChI is InChI=1S/C15H26ClN3/c1-4-5-11-6-8-12(9-7-11)14(17-2)15-13(16)10-18-19(15)3/h10-12,14,17H,4-9H2,1-3H3. The molecular formula is C15H26ClN3. The van der Waals surface area contributed by atoms with Crippen molar-refractivity contribution in [1.29, 1.82) is 0 Å². The SMILES string of the molecule is CCCC1CCC(C(NC)c2c(Cl)cnn2C)CC1. The Bertz CT molecular complexity index is 375. The number of rotatable bonds is 5. The van der Waals surface area contributed by atoms with Crippen molar-refractivity contribution in [3.63, 3.8) is 0 Å². The van der Waals surface area contributed by atoms with Gasteiger partial charge in [-0.2, -0.15) is 5.10 Å². The van der Waals surface area contributed by atoms with Gasteiger partial charge in [0, 0.05) is 7.05 Å². The van der Waals surface area contributed by atoms with E-state index in [9.17, 15) is 0 Å². The first kappa shape index (κ1) is 14.9. The second-order valence-corrected chi connectivity index (χ2v) is 6.24. The second-order valence-electron chi connectivity index (χ2n) is 5.84. The van der Waals surface area contributed by atoms with Crippen molar-refractivity contribution in [2.75, 3.05) is 7.05 Å². The summed E-state index contributed by atoms with van der Waals surface area (Å²) in [6, 6.07) is 0.336. The van der Waals surface area contributed by atoms with Gasteiger partial charge in [-0.1, -0.05) is 44.2 Å². The average Bonchev–Trinajstić information content (AvgIpc) is 2.74. The van der Waals surface area contributed by atoms with E-state index in [1.165, 1.54) is 38.5 Å². The summed E-state index contributed by atoms with van der Waals surface area (Å²) in [5.74, 6) is 1.63. The topological polar surface area (TPSA) is 29.9 Å². The molecule has 0 radical (unpaired) electrons. The fraction of sp³-hybridized carbons (Fsp3) is 0.800. The van der Waals surface area contributed by atoms with Crippen LogP contribution in [-0.2, 0) is 7.05 Å². The van der Waals surface area contributed by atoms with Gasteiger partial charge in [-0.15, -0.1) is 0 Å². The molecule has 3 nitrogen and oxygen atoms in total. The largest absolute Gasteiger partial charge is 0.311 e. The molecule has 1 aromatic rings. The van der Waals surface area contributed by atoms with E-state index >= 15 is 0 Å². The summed E-state index contributed by atoms with van der Waals surface area (Å²) in [5, 5.41) is 8.52. The molecule has 1 heterocycles. The van der Waals surface area contributed by atoms with E-state index in [2.05, 4.69) is 17.3 Å². The summed E-state index contributed by atoms with van der Waals surface area (Å²) in [7, 11) is 4.01. The molecule has 1 fully saturated rings. The molecule has 0 aromatic carbocycles. The van der Waals surface area contributed by atoms with Gasteiger partial charge in [-0.05, 0) is 31.7 Å². The van der Waals surface area contributed by atoms with Crippen LogP contribution in [0.25, 0.3) is 0 Å². The highest BCUT2D eigenvalue weighted by atomic mass is 35.5. The van der Waals surface area contributed by atoms with Gasteiger partial charge in [-0.3, -0.25) is 4.68 Å². The summed E-state index contributed by atoms with van der Waals surface area (Å²) < 4.78 is 1.92. The number of hydrogen-bond acceptors (Lipinski definition) is 2. The van der Waals surface area contributed by atoms with Gasteiger partial charge in [0.2, 0.25) is 0 Å². The molecule has 1 N–H and O–H groups in total. The van der Waals surface area contributed by atoms with Crippen LogP contribution in [0.5, 0.6) is 0 Å². The van der Waals surface area contributed by atoms with E-state index < -0.39 is 0 Å². The third-order valence-electron chi connectivity index (χ3n) is 4.60. The molecule has 1 atom stereocenters. The Balaban J connectivity index is 2.04. The predicted molar refractivity (Wildman–Crippen MR) is 80.4 cm³/mol. The molecule has 0 saturated heterocycles. The Morgan fingerprint density at radius 1 is 1.42 bits per heavy atom. The van der Waals surface area contributed by atoms with Gasteiger partial charge >= 0.3 is 0 Å². The summed E-state index contributed by atoms with van der Waals surface area (Å²) in [4.78, 5) is 0. The van der Waals surface area contributed by atoms with Gasteiger partial charge in [-0.25, -0.2) is 0 Å². The lowest BCUT2D eigenvalue weighted by atomic mass is 9.76. The van der Waals surface area contributed by atoms with Crippen LogP contribution in [0.3, 0.4) is 0 Å². The van der Waals surface area contributed by atoms with Gasteiger partial charge in [0.05, 0.1) is 23.0 Å². The maximum absolute atomic E-state index is 6.29. The molecule has 1 aromatic heterocycles. The third-order valence-corrected chi connectivity index (χ3v) is 4.89. The van der Waals surface area contributed by atoms with Crippen LogP contribution in [0.4, 0.5) is 0 Å². The van der Waals surface area contributed by atoms with Crippen molar-refractivity contribution in [2.45, 2.75) is 51.5 Å². The number of nitrogens with zero attached hydrogens (tertiary/aromatic N) is 2. The first-order valence-corrected chi connectivity index (χ1v) is 7.89. The minimum atomic E-state index is 0.336. The molecule has 2 rings (SSSR count). The molecule has 4 heteroatoms. The van der Waals surface area contributed by atoms with E-state index in [-0.39, 0.29) is 0 Å². The minimum Gasteiger partial charge on any atom is -0.311 e. The van der Waals surface area contributed by atoms with Gasteiger partial charge in [0.25, 0.3) is 0 Å². The van der Waals surface area contributed by atoms with Gasteiger partial charge in [0.15, 0.2) is 0 Å². The first-order valence-electron chi connectivity index (χ1n) is 7.52. The minimum absolute atomic E-state index is 0.336. The quantitative estimate of drug-likeness (QED) is 0.887. The van der Waals surface area contributed by atoms with Crippen LogP contribution in [0, 0.1) is 11.8 Å². The lowest BCUT2D eigenvalue weighted by Gasteiger charge is -2.34. The maximum Gasteiger partial charge on any atom is 0.0834 e. The Hall–Kier alpha value is -0.540. The number of hydrogen-bond donors (Lipinski definition) is 1. The molecule has 1 aliphatic rings. The molecular weight excluding hydrogens is 258 g/mol. The van der Waals surface area contributed by atoms with Gasteiger partial charge in [0.1, 0.15) is 0 Å². The lowest BCUT2D eigenvalue weighted by molar-refractivity contribution is 0.215. The second kappa shape index (κ2) is 6.76. The number of aryl methyl sites for hydroxylation is 1. The van der Waals surface area contributed by atoms with Crippen LogP contribution >= 0.6 is 11.6 Å². The average molecular weight is 284 g/mol. The Morgan fingerprint density at radius 2 is 2.11 bits per heavy atom. The van der Waals surface area contributed by atoms with Crippen LogP contribution in [0.1, 0.15) is 57.2 Å². The maximum atomic E-state index is 6.29. The molecule has 1 aliphatic carbocycles. The first-order chi connectivity index (χ1) is 9.17. The molecule has 0 bridgehead atoms. The third kappa shape index (κ3) is 3.32. The zero-order valence-corrected chi connectivity index (χ0v) is 13.1. The summed E-state index contributed by atoms with van der Waals surface area (Å²) in [6.45, 7) is 2.29. The number of nitrogens with one attached hydrogen (secondary N) is 1. The summed E-state index contributed by atoms with van der Waals surface area (Å²) >= 11 is 6.29. The van der Waals surface area contributed by atoms with Crippen molar-refractivity contribution in [3.05, 3.63) is 16.9 Å². The zero-order valence-electron chi connectivity index (χ0n) is 12.3. The highest BCUT2D eigenvalue weighted by Gasteiger charge is 2.30. The molecule has 1 unspecified atom stereocenters. The van der Waals surface area contributed by atoms with Crippen molar-refractivity contribution < 1.29 is 0 Å². The monoisotopic (exact) mass is 283 g/mol. The normalized spacial score (nSPS) is 25.5. The van der Waals surface area contributed by atoms with Crippen LogP contribution in [0.15, 0.2) is 6.20 Å². The molecule has 0 aliphatic heterocycles. The van der Waals surface area contributed by atoms with Crippen molar-refractivity contribution >= 4 is 11.6 Å². The van der Waals surface area contributed by atoms with E-state index in [1.807, 2.05) is 18.8 Å². The van der Waals surface area contributed by atoms with Crippen molar-refractivity contribution in [2.24, 2.45) is 18.9 Å². The van der Waals surface area contributed by atoms with E-state index in [0.29, 0.717) is 12.0 Å². The molecule has 19 heavy (non-hydrogen) atoms.